The van der Waals surface area contributed by atoms with Crippen molar-refractivity contribution in [3.8, 4) is 11.5 Å². The fourth-order valence-electron chi connectivity index (χ4n) is 2.35. The monoisotopic (exact) mass is 284 g/mol. The van der Waals surface area contributed by atoms with E-state index >= 15 is 0 Å². The smallest absolute Gasteiger partial charge is 0.145 e. The third-order valence-electron chi connectivity index (χ3n) is 3.73. The van der Waals surface area contributed by atoms with Gasteiger partial charge in [0.05, 0.1) is 11.9 Å². The molecule has 2 aromatic rings. The van der Waals surface area contributed by atoms with E-state index in [0.717, 1.165) is 17.2 Å². The minimum atomic E-state index is 0.242. The van der Waals surface area contributed by atoms with E-state index in [1.54, 1.807) is 6.20 Å². The van der Waals surface area contributed by atoms with Crippen LogP contribution < -0.4 is 10.1 Å². The number of nitrogens with zero attached hydrogens (tertiary/aromatic N) is 1. The van der Waals surface area contributed by atoms with E-state index in [1.165, 1.54) is 11.1 Å². The fraction of sp³-hybridized carbons (Fsp3) is 0.389. The van der Waals surface area contributed by atoms with Gasteiger partial charge in [0.25, 0.3) is 0 Å². The minimum absolute atomic E-state index is 0.242. The molecule has 1 aromatic carbocycles. The van der Waals surface area contributed by atoms with Gasteiger partial charge in [0.1, 0.15) is 11.5 Å². The molecule has 2 rings (SSSR count). The molecule has 1 unspecified atom stereocenters. The Kier molecular flexibility index (Phi) is 4.97. The average molecular weight is 284 g/mol. The summed E-state index contributed by atoms with van der Waals surface area (Å²) in [6.45, 7) is 8.61. The van der Waals surface area contributed by atoms with Gasteiger partial charge in [-0.15, -0.1) is 0 Å². The Morgan fingerprint density at radius 1 is 1.05 bits per heavy atom. The molecule has 0 radical (unpaired) electrons. The van der Waals surface area contributed by atoms with Gasteiger partial charge in [0.2, 0.25) is 0 Å². The van der Waals surface area contributed by atoms with E-state index in [2.05, 4.69) is 50.1 Å². The van der Waals surface area contributed by atoms with Gasteiger partial charge in [0, 0.05) is 6.04 Å². The summed E-state index contributed by atoms with van der Waals surface area (Å²) >= 11 is 0. The number of nitrogens with one attached hydrogen (secondary N) is 1. The van der Waals surface area contributed by atoms with Gasteiger partial charge < -0.3 is 10.1 Å². The number of benzene rings is 1. The highest BCUT2D eigenvalue weighted by Crippen LogP contribution is 2.27. The molecule has 0 aliphatic carbocycles. The molecule has 0 amide bonds. The SMILES string of the molecule is CNC(C)c1ccc(Oc2ccc(C(C)C)c(C)c2)cn1. The molecule has 0 saturated carbocycles. The van der Waals surface area contributed by atoms with Crippen LogP contribution in [0.1, 0.15) is 49.6 Å². The summed E-state index contributed by atoms with van der Waals surface area (Å²) < 4.78 is 5.88. The zero-order valence-electron chi connectivity index (χ0n) is 13.5. The van der Waals surface area contributed by atoms with E-state index in [1.807, 2.05) is 25.2 Å². The molecule has 0 bridgehead atoms. The topological polar surface area (TPSA) is 34.1 Å². The van der Waals surface area contributed by atoms with Crippen LogP contribution in [0.25, 0.3) is 0 Å². The van der Waals surface area contributed by atoms with Crippen molar-refractivity contribution in [2.24, 2.45) is 0 Å². The maximum Gasteiger partial charge on any atom is 0.145 e. The van der Waals surface area contributed by atoms with Crippen molar-refractivity contribution in [3.63, 3.8) is 0 Å². The third kappa shape index (κ3) is 3.82. The molecule has 0 aliphatic rings. The predicted octanol–water partition coefficient (Wildman–Crippen LogP) is 4.59. The lowest BCUT2D eigenvalue weighted by Gasteiger charge is -2.13. The van der Waals surface area contributed by atoms with E-state index < -0.39 is 0 Å². The highest BCUT2D eigenvalue weighted by atomic mass is 16.5. The van der Waals surface area contributed by atoms with Crippen LogP contribution in [0.3, 0.4) is 0 Å². The van der Waals surface area contributed by atoms with Crippen molar-refractivity contribution < 1.29 is 4.74 Å². The van der Waals surface area contributed by atoms with Gasteiger partial charge in [-0.3, -0.25) is 4.98 Å². The lowest BCUT2D eigenvalue weighted by molar-refractivity contribution is 0.478. The zero-order valence-corrected chi connectivity index (χ0v) is 13.5. The summed E-state index contributed by atoms with van der Waals surface area (Å²) in [7, 11) is 1.93. The predicted molar refractivity (Wildman–Crippen MR) is 87.1 cm³/mol. The first-order valence-electron chi connectivity index (χ1n) is 7.43. The highest BCUT2D eigenvalue weighted by Gasteiger charge is 2.07. The normalized spacial score (nSPS) is 12.5. The Balaban J connectivity index is 2.13. The molecule has 0 fully saturated rings. The first-order chi connectivity index (χ1) is 10.0. The second-order valence-electron chi connectivity index (χ2n) is 5.70. The Bertz CT molecular complexity index is 591. The lowest BCUT2D eigenvalue weighted by atomic mass is 9.98. The molecular formula is C18H24N2O. The zero-order chi connectivity index (χ0) is 15.4. The van der Waals surface area contributed by atoms with E-state index in [9.17, 15) is 0 Å². The maximum absolute atomic E-state index is 5.88. The van der Waals surface area contributed by atoms with Crippen LogP contribution in [0.4, 0.5) is 0 Å². The molecule has 1 N–H and O–H groups in total. The van der Waals surface area contributed by atoms with Crippen LogP contribution >= 0.6 is 0 Å². The van der Waals surface area contributed by atoms with E-state index in [-0.39, 0.29) is 6.04 Å². The summed E-state index contributed by atoms with van der Waals surface area (Å²) in [5, 5.41) is 3.17. The Morgan fingerprint density at radius 2 is 1.76 bits per heavy atom. The van der Waals surface area contributed by atoms with E-state index in [4.69, 9.17) is 4.74 Å². The van der Waals surface area contributed by atoms with Crippen molar-refractivity contribution in [2.75, 3.05) is 7.05 Å². The van der Waals surface area contributed by atoms with E-state index in [0.29, 0.717) is 5.92 Å². The molecule has 0 aliphatic heterocycles. The fourth-order valence-corrected chi connectivity index (χ4v) is 2.35. The Hall–Kier alpha value is -1.87. The largest absolute Gasteiger partial charge is 0.456 e. The highest BCUT2D eigenvalue weighted by molar-refractivity contribution is 5.38. The number of hydrogen-bond acceptors (Lipinski definition) is 3. The first-order valence-corrected chi connectivity index (χ1v) is 7.43. The number of aryl methyl sites for hydroxylation is 1. The number of rotatable bonds is 5. The summed E-state index contributed by atoms with van der Waals surface area (Å²) in [6.07, 6.45) is 1.77. The number of aromatic nitrogens is 1. The molecule has 1 atom stereocenters. The van der Waals surface area contributed by atoms with Gasteiger partial charge in [0.15, 0.2) is 0 Å². The second kappa shape index (κ2) is 6.72. The molecule has 3 heteroatoms. The van der Waals surface area contributed by atoms with Crippen LogP contribution in [0.5, 0.6) is 11.5 Å². The number of pyridine rings is 1. The Morgan fingerprint density at radius 3 is 2.29 bits per heavy atom. The summed E-state index contributed by atoms with van der Waals surface area (Å²) in [5.41, 5.74) is 3.63. The molecular weight excluding hydrogens is 260 g/mol. The molecule has 1 aromatic heterocycles. The quantitative estimate of drug-likeness (QED) is 0.872. The molecule has 21 heavy (non-hydrogen) atoms. The molecule has 1 heterocycles. The average Bonchev–Trinajstić information content (AvgIpc) is 2.47. The van der Waals surface area contributed by atoms with Gasteiger partial charge in [-0.05, 0) is 62.2 Å². The van der Waals surface area contributed by atoms with Gasteiger partial charge in [-0.25, -0.2) is 0 Å². The van der Waals surface area contributed by atoms with Gasteiger partial charge in [-0.1, -0.05) is 19.9 Å². The summed E-state index contributed by atoms with van der Waals surface area (Å²) in [6, 6.07) is 10.4. The van der Waals surface area contributed by atoms with Crippen LogP contribution in [0, 0.1) is 6.92 Å². The molecule has 3 nitrogen and oxygen atoms in total. The maximum atomic E-state index is 5.88. The number of hydrogen-bond donors (Lipinski definition) is 1. The van der Waals surface area contributed by atoms with Crippen LogP contribution in [0.2, 0.25) is 0 Å². The van der Waals surface area contributed by atoms with Gasteiger partial charge >= 0.3 is 0 Å². The van der Waals surface area contributed by atoms with Crippen LogP contribution in [-0.4, -0.2) is 12.0 Å². The van der Waals surface area contributed by atoms with Gasteiger partial charge in [-0.2, -0.15) is 0 Å². The summed E-state index contributed by atoms with van der Waals surface area (Å²) in [4.78, 5) is 4.43. The lowest BCUT2D eigenvalue weighted by Crippen LogP contribution is -2.13. The van der Waals surface area contributed by atoms with Crippen LogP contribution in [-0.2, 0) is 0 Å². The van der Waals surface area contributed by atoms with Crippen molar-refractivity contribution in [1.29, 1.82) is 0 Å². The minimum Gasteiger partial charge on any atom is -0.456 e. The van der Waals surface area contributed by atoms with Crippen molar-refractivity contribution in [2.45, 2.75) is 39.7 Å². The van der Waals surface area contributed by atoms with Crippen molar-refractivity contribution in [3.05, 3.63) is 53.3 Å². The summed E-state index contributed by atoms with van der Waals surface area (Å²) in [5.74, 6) is 2.15. The number of ether oxygens (including phenoxy) is 1. The molecule has 0 saturated heterocycles. The van der Waals surface area contributed by atoms with Crippen molar-refractivity contribution in [1.82, 2.24) is 10.3 Å². The molecule has 112 valence electrons. The van der Waals surface area contributed by atoms with Crippen LogP contribution in [0.15, 0.2) is 36.5 Å². The standard InChI is InChI=1S/C18H24N2O/c1-12(2)17-8-6-15(10-13(17)3)21-16-7-9-18(20-11-16)14(4)19-5/h6-12,14,19H,1-5H3. The molecule has 0 spiro atoms. The third-order valence-corrected chi connectivity index (χ3v) is 3.73. The van der Waals surface area contributed by atoms with Crippen molar-refractivity contribution >= 4 is 0 Å². The Labute approximate surface area is 127 Å². The first kappa shape index (κ1) is 15.5. The second-order valence-corrected chi connectivity index (χ2v) is 5.70.